The molecular formula is C16H21NO2. The van der Waals surface area contributed by atoms with Crippen molar-refractivity contribution in [1.82, 2.24) is 0 Å². The van der Waals surface area contributed by atoms with Gasteiger partial charge < -0.3 is 15.6 Å². The van der Waals surface area contributed by atoms with Crippen LogP contribution in [0, 0.1) is 23.7 Å². The van der Waals surface area contributed by atoms with Crippen LogP contribution in [0.2, 0.25) is 0 Å². The maximum Gasteiger partial charge on any atom is 0.142 e. The van der Waals surface area contributed by atoms with Gasteiger partial charge in [0.1, 0.15) is 17.6 Å². The summed E-state index contributed by atoms with van der Waals surface area (Å²) in [7, 11) is 0. The Hall–Kier alpha value is -1.38. The second-order valence-electron chi connectivity index (χ2n) is 6.74. The Bertz CT molecular complexity index is 472. The van der Waals surface area contributed by atoms with Crippen LogP contribution in [0.25, 0.3) is 0 Å². The lowest BCUT2D eigenvalue weighted by Gasteiger charge is -2.53. The summed E-state index contributed by atoms with van der Waals surface area (Å²) in [4.78, 5) is 0. The average molecular weight is 259 g/mol. The first-order valence-electron chi connectivity index (χ1n) is 7.44. The van der Waals surface area contributed by atoms with Crippen LogP contribution in [0.3, 0.4) is 0 Å². The van der Waals surface area contributed by atoms with E-state index in [4.69, 9.17) is 10.5 Å². The Morgan fingerprint density at radius 1 is 1.00 bits per heavy atom. The van der Waals surface area contributed by atoms with E-state index in [-0.39, 0.29) is 5.75 Å². The van der Waals surface area contributed by atoms with Crippen molar-refractivity contribution < 1.29 is 9.84 Å². The molecule has 0 spiro atoms. The number of nitrogen functional groups attached to an aromatic ring is 1. The van der Waals surface area contributed by atoms with E-state index in [2.05, 4.69) is 0 Å². The van der Waals surface area contributed by atoms with Crippen LogP contribution in [0.15, 0.2) is 18.2 Å². The normalized spacial score (nSPS) is 39.5. The van der Waals surface area contributed by atoms with Gasteiger partial charge in [0.15, 0.2) is 0 Å². The van der Waals surface area contributed by atoms with Crippen molar-refractivity contribution in [2.45, 2.75) is 38.2 Å². The fraction of sp³-hybridized carbons (Fsp3) is 0.625. The quantitative estimate of drug-likeness (QED) is 0.802. The number of hydrogen-bond acceptors (Lipinski definition) is 3. The molecule has 0 radical (unpaired) electrons. The van der Waals surface area contributed by atoms with Gasteiger partial charge in [0.2, 0.25) is 0 Å². The zero-order valence-electron chi connectivity index (χ0n) is 11.1. The van der Waals surface area contributed by atoms with E-state index in [0.29, 0.717) is 11.8 Å². The number of anilines is 1. The van der Waals surface area contributed by atoms with Gasteiger partial charge in [-0.3, -0.25) is 0 Å². The molecule has 0 amide bonds. The minimum absolute atomic E-state index is 0.204. The predicted molar refractivity (Wildman–Crippen MR) is 74.0 cm³/mol. The summed E-state index contributed by atoms with van der Waals surface area (Å²) >= 11 is 0. The summed E-state index contributed by atoms with van der Waals surface area (Å²) in [5.41, 5.74) is 6.49. The molecule has 102 valence electrons. The van der Waals surface area contributed by atoms with Gasteiger partial charge in [0, 0.05) is 6.07 Å². The smallest absolute Gasteiger partial charge is 0.142 e. The van der Waals surface area contributed by atoms with E-state index in [1.165, 1.54) is 32.1 Å². The standard InChI is InChI=1S/C16H21NO2/c17-14-8-13(18)1-2-15(14)19-16-11-4-9-3-10(6-11)7-12(16)5-9/h1-2,8-12,16,18H,3-7,17H2. The van der Waals surface area contributed by atoms with Gasteiger partial charge >= 0.3 is 0 Å². The number of nitrogens with two attached hydrogens (primary N) is 1. The Labute approximate surface area is 113 Å². The highest BCUT2D eigenvalue weighted by molar-refractivity contribution is 5.55. The van der Waals surface area contributed by atoms with Crippen LogP contribution in [0.1, 0.15) is 32.1 Å². The topological polar surface area (TPSA) is 55.5 Å². The molecule has 3 heteroatoms. The van der Waals surface area contributed by atoms with E-state index in [1.807, 2.05) is 0 Å². The van der Waals surface area contributed by atoms with E-state index in [0.717, 1.165) is 29.4 Å². The third-order valence-electron chi connectivity index (χ3n) is 5.40. The first kappa shape index (κ1) is 11.4. The van der Waals surface area contributed by atoms with Crippen LogP contribution < -0.4 is 10.5 Å². The molecule has 0 aromatic heterocycles. The molecule has 4 fully saturated rings. The van der Waals surface area contributed by atoms with Crippen molar-refractivity contribution in [2.75, 3.05) is 5.73 Å². The maximum atomic E-state index is 9.41. The first-order valence-corrected chi connectivity index (χ1v) is 7.44. The van der Waals surface area contributed by atoms with Crippen LogP contribution in [0.4, 0.5) is 5.69 Å². The Morgan fingerprint density at radius 2 is 1.63 bits per heavy atom. The van der Waals surface area contributed by atoms with Crippen LogP contribution >= 0.6 is 0 Å². The van der Waals surface area contributed by atoms with Crippen LogP contribution in [-0.4, -0.2) is 11.2 Å². The molecule has 3 nitrogen and oxygen atoms in total. The molecule has 1 aromatic carbocycles. The van der Waals surface area contributed by atoms with Crippen molar-refractivity contribution in [3.8, 4) is 11.5 Å². The molecule has 0 atom stereocenters. The summed E-state index contributed by atoms with van der Waals surface area (Å²) in [6.45, 7) is 0. The highest BCUT2D eigenvalue weighted by Crippen LogP contribution is 2.54. The van der Waals surface area contributed by atoms with E-state index in [9.17, 15) is 5.11 Å². The van der Waals surface area contributed by atoms with Gasteiger partial charge in [-0.15, -0.1) is 0 Å². The molecule has 1 aromatic rings. The lowest BCUT2D eigenvalue weighted by molar-refractivity contribution is -0.0787. The molecule has 5 rings (SSSR count). The zero-order valence-corrected chi connectivity index (χ0v) is 11.1. The number of ether oxygens (including phenoxy) is 1. The number of phenolic OH excluding ortho intramolecular Hbond substituents is 1. The van der Waals surface area contributed by atoms with E-state index >= 15 is 0 Å². The van der Waals surface area contributed by atoms with Crippen molar-refractivity contribution in [3.63, 3.8) is 0 Å². The molecule has 4 aliphatic rings. The van der Waals surface area contributed by atoms with Gasteiger partial charge in [-0.1, -0.05) is 0 Å². The molecule has 0 heterocycles. The molecule has 4 aliphatic carbocycles. The predicted octanol–water partition coefficient (Wildman–Crippen LogP) is 3.18. The Kier molecular flexibility index (Phi) is 2.44. The summed E-state index contributed by atoms with van der Waals surface area (Å²) in [5.74, 6) is 4.32. The first-order chi connectivity index (χ1) is 9.19. The fourth-order valence-corrected chi connectivity index (χ4v) is 4.86. The van der Waals surface area contributed by atoms with E-state index in [1.54, 1.807) is 18.2 Å². The monoisotopic (exact) mass is 259 g/mol. The molecule has 3 N–H and O–H groups in total. The second kappa shape index (κ2) is 4.06. The van der Waals surface area contributed by atoms with Crippen LogP contribution in [-0.2, 0) is 0 Å². The lowest BCUT2D eigenvalue weighted by atomic mass is 9.55. The number of hydrogen-bond donors (Lipinski definition) is 2. The summed E-state index contributed by atoms with van der Waals surface area (Å²) in [5, 5.41) is 9.41. The lowest BCUT2D eigenvalue weighted by Crippen LogP contribution is -2.50. The minimum Gasteiger partial charge on any atom is -0.508 e. The van der Waals surface area contributed by atoms with Crippen molar-refractivity contribution in [2.24, 2.45) is 23.7 Å². The van der Waals surface area contributed by atoms with Gasteiger partial charge in [0.25, 0.3) is 0 Å². The maximum absolute atomic E-state index is 9.41. The number of rotatable bonds is 2. The highest BCUT2D eigenvalue weighted by Gasteiger charge is 2.49. The third kappa shape index (κ3) is 1.87. The van der Waals surface area contributed by atoms with Gasteiger partial charge in [-0.25, -0.2) is 0 Å². The highest BCUT2D eigenvalue weighted by atomic mass is 16.5. The summed E-state index contributed by atoms with van der Waals surface area (Å²) in [6.07, 6.45) is 7.18. The van der Waals surface area contributed by atoms with Gasteiger partial charge in [0.05, 0.1) is 5.69 Å². The van der Waals surface area contributed by atoms with Gasteiger partial charge in [-0.05, 0) is 67.9 Å². The van der Waals surface area contributed by atoms with Crippen molar-refractivity contribution >= 4 is 5.69 Å². The minimum atomic E-state index is 0.204. The second-order valence-corrected chi connectivity index (χ2v) is 6.74. The zero-order chi connectivity index (χ0) is 13.0. The van der Waals surface area contributed by atoms with E-state index < -0.39 is 0 Å². The number of phenols is 1. The molecule has 4 saturated carbocycles. The van der Waals surface area contributed by atoms with Crippen LogP contribution in [0.5, 0.6) is 11.5 Å². The third-order valence-corrected chi connectivity index (χ3v) is 5.40. The molecule has 4 bridgehead atoms. The summed E-state index contributed by atoms with van der Waals surface area (Å²) < 4.78 is 6.24. The molecule has 19 heavy (non-hydrogen) atoms. The molecule has 0 aliphatic heterocycles. The summed E-state index contributed by atoms with van der Waals surface area (Å²) in [6, 6.07) is 5.03. The number of aromatic hydroxyl groups is 1. The van der Waals surface area contributed by atoms with Crippen molar-refractivity contribution in [1.29, 1.82) is 0 Å². The Balaban J connectivity index is 1.56. The number of benzene rings is 1. The van der Waals surface area contributed by atoms with Crippen molar-refractivity contribution in [3.05, 3.63) is 18.2 Å². The molecule has 0 saturated heterocycles. The molecule has 0 unspecified atom stereocenters. The van der Waals surface area contributed by atoms with Gasteiger partial charge in [-0.2, -0.15) is 0 Å². The SMILES string of the molecule is Nc1cc(O)ccc1OC1C2CC3CC(C2)CC1C3. The Morgan fingerprint density at radius 3 is 2.21 bits per heavy atom. The molecular weight excluding hydrogens is 238 g/mol. The fourth-order valence-electron chi connectivity index (χ4n) is 4.86. The largest absolute Gasteiger partial charge is 0.508 e. The average Bonchev–Trinajstić information content (AvgIpc) is 2.35.